The van der Waals surface area contributed by atoms with Crippen molar-refractivity contribution < 1.29 is 23.1 Å². The van der Waals surface area contributed by atoms with Gasteiger partial charge in [-0.1, -0.05) is 30.2 Å². The van der Waals surface area contributed by atoms with Crippen molar-refractivity contribution in [2.75, 3.05) is 11.9 Å². The van der Waals surface area contributed by atoms with Crippen molar-refractivity contribution in [2.45, 2.75) is 24.7 Å². The van der Waals surface area contributed by atoms with Gasteiger partial charge in [0.05, 0.1) is 11.1 Å². The van der Waals surface area contributed by atoms with Crippen LogP contribution in [0.4, 0.5) is 14.5 Å². The maximum absolute atomic E-state index is 13.6. The van der Waals surface area contributed by atoms with Crippen molar-refractivity contribution in [2.24, 2.45) is 0 Å². The lowest BCUT2D eigenvalue weighted by atomic mass is 9.64. The van der Waals surface area contributed by atoms with Gasteiger partial charge in [0.25, 0.3) is 5.91 Å². The minimum absolute atomic E-state index is 0.0876. The summed E-state index contributed by atoms with van der Waals surface area (Å²) in [6.07, 6.45) is 1.98. The number of carbonyl (C=O) groups excluding carboxylic acids is 2. The van der Waals surface area contributed by atoms with Gasteiger partial charge >= 0.3 is 5.97 Å². The van der Waals surface area contributed by atoms with E-state index in [1.54, 1.807) is 12.1 Å². The van der Waals surface area contributed by atoms with Crippen LogP contribution in [0.5, 0.6) is 0 Å². The zero-order chi connectivity index (χ0) is 18.7. The average molecular weight is 380 g/mol. The summed E-state index contributed by atoms with van der Waals surface area (Å²) in [4.78, 5) is 24.5. The van der Waals surface area contributed by atoms with E-state index in [1.807, 2.05) is 0 Å². The summed E-state index contributed by atoms with van der Waals surface area (Å²) in [5.74, 6) is -2.25. The summed E-state index contributed by atoms with van der Waals surface area (Å²) in [7, 11) is 0. The minimum Gasteiger partial charge on any atom is -0.455 e. The summed E-state index contributed by atoms with van der Waals surface area (Å²) >= 11 is 5.76. The number of amides is 1. The third kappa shape index (κ3) is 3.70. The summed E-state index contributed by atoms with van der Waals surface area (Å²) in [5.41, 5.74) is -0.276. The van der Waals surface area contributed by atoms with Gasteiger partial charge in [-0.2, -0.15) is 0 Å². The van der Waals surface area contributed by atoms with Crippen LogP contribution in [0.15, 0.2) is 42.5 Å². The molecule has 0 aliphatic heterocycles. The fourth-order valence-electron chi connectivity index (χ4n) is 2.96. The number of hydrogen-bond acceptors (Lipinski definition) is 3. The molecule has 1 aliphatic carbocycles. The lowest BCUT2D eigenvalue weighted by Gasteiger charge is -2.39. The smallest absolute Gasteiger partial charge is 0.317 e. The van der Waals surface area contributed by atoms with Gasteiger partial charge in [-0.05, 0) is 48.7 Å². The molecule has 0 spiro atoms. The second-order valence-electron chi connectivity index (χ2n) is 6.19. The molecule has 3 rings (SSSR count). The molecule has 0 bridgehead atoms. The SMILES string of the molecule is O=C(COC(=O)C1(c2ccc(F)cc2)CCC1)Nc1cc(Cl)ccc1F. The Kier molecular flexibility index (Phi) is 5.23. The number of benzene rings is 2. The van der Waals surface area contributed by atoms with Crippen molar-refractivity contribution >= 4 is 29.2 Å². The Labute approximate surface area is 154 Å². The molecule has 26 heavy (non-hydrogen) atoms. The van der Waals surface area contributed by atoms with Crippen molar-refractivity contribution in [3.8, 4) is 0 Å². The molecule has 0 saturated heterocycles. The molecule has 4 nitrogen and oxygen atoms in total. The van der Waals surface area contributed by atoms with Gasteiger partial charge in [0.15, 0.2) is 6.61 Å². The monoisotopic (exact) mass is 379 g/mol. The lowest BCUT2D eigenvalue weighted by Crippen LogP contribution is -2.44. The fourth-order valence-corrected chi connectivity index (χ4v) is 3.13. The Morgan fingerprint density at radius 2 is 1.81 bits per heavy atom. The van der Waals surface area contributed by atoms with Gasteiger partial charge in [0, 0.05) is 5.02 Å². The van der Waals surface area contributed by atoms with E-state index in [-0.39, 0.29) is 16.5 Å². The van der Waals surface area contributed by atoms with E-state index >= 15 is 0 Å². The van der Waals surface area contributed by atoms with Crippen molar-refractivity contribution in [1.29, 1.82) is 0 Å². The Balaban J connectivity index is 1.63. The molecule has 0 heterocycles. The first-order valence-electron chi connectivity index (χ1n) is 8.09. The summed E-state index contributed by atoms with van der Waals surface area (Å²) in [6.45, 7) is -0.548. The molecule has 0 unspecified atom stereocenters. The number of anilines is 1. The topological polar surface area (TPSA) is 55.4 Å². The fraction of sp³-hybridized carbons (Fsp3) is 0.263. The van der Waals surface area contributed by atoms with Crippen molar-refractivity contribution in [1.82, 2.24) is 0 Å². The Hall–Kier alpha value is -2.47. The molecule has 1 aliphatic rings. The number of nitrogens with one attached hydrogen (secondary N) is 1. The number of halogens is 3. The van der Waals surface area contributed by atoms with Crippen LogP contribution in [0.25, 0.3) is 0 Å². The summed E-state index contributed by atoms with van der Waals surface area (Å²) < 4.78 is 31.9. The van der Waals surface area contributed by atoms with Crippen LogP contribution in [0, 0.1) is 11.6 Å². The van der Waals surface area contributed by atoms with E-state index < -0.39 is 29.7 Å². The molecular formula is C19H16ClF2NO3. The molecule has 1 fully saturated rings. The minimum atomic E-state index is -0.852. The van der Waals surface area contributed by atoms with Crippen molar-refractivity contribution in [3.05, 3.63) is 64.7 Å². The normalized spacial score (nSPS) is 15.0. The second-order valence-corrected chi connectivity index (χ2v) is 6.63. The van der Waals surface area contributed by atoms with Crippen LogP contribution in [0.2, 0.25) is 5.02 Å². The number of esters is 1. The lowest BCUT2D eigenvalue weighted by molar-refractivity contribution is -0.156. The van der Waals surface area contributed by atoms with E-state index in [2.05, 4.69) is 5.32 Å². The maximum Gasteiger partial charge on any atom is 0.317 e. The number of carbonyl (C=O) groups is 2. The third-order valence-electron chi connectivity index (χ3n) is 4.53. The predicted molar refractivity (Wildman–Crippen MR) is 92.9 cm³/mol. The van der Waals surface area contributed by atoms with Gasteiger partial charge in [-0.15, -0.1) is 0 Å². The predicted octanol–water partition coefficient (Wildman–Crippen LogP) is 4.22. The molecule has 1 N–H and O–H groups in total. The molecule has 0 atom stereocenters. The van der Waals surface area contributed by atoms with Crippen LogP contribution in [-0.2, 0) is 19.7 Å². The highest BCUT2D eigenvalue weighted by atomic mass is 35.5. The Morgan fingerprint density at radius 1 is 1.12 bits per heavy atom. The van der Waals surface area contributed by atoms with Gasteiger partial charge in [0.2, 0.25) is 0 Å². The summed E-state index contributed by atoms with van der Waals surface area (Å²) in [6, 6.07) is 9.43. The van der Waals surface area contributed by atoms with Crippen LogP contribution < -0.4 is 5.32 Å². The van der Waals surface area contributed by atoms with Gasteiger partial charge < -0.3 is 10.1 Å². The van der Waals surface area contributed by atoms with Gasteiger partial charge in [0.1, 0.15) is 11.6 Å². The highest BCUT2D eigenvalue weighted by Crippen LogP contribution is 2.44. The van der Waals surface area contributed by atoms with Crippen molar-refractivity contribution in [3.63, 3.8) is 0 Å². The van der Waals surface area contributed by atoms with Crippen LogP contribution in [0.1, 0.15) is 24.8 Å². The maximum atomic E-state index is 13.6. The Morgan fingerprint density at radius 3 is 2.42 bits per heavy atom. The highest BCUT2D eigenvalue weighted by molar-refractivity contribution is 6.30. The van der Waals surface area contributed by atoms with Crippen LogP contribution in [0.3, 0.4) is 0 Å². The molecule has 136 valence electrons. The zero-order valence-electron chi connectivity index (χ0n) is 13.7. The third-order valence-corrected chi connectivity index (χ3v) is 4.77. The molecule has 7 heteroatoms. The first-order chi connectivity index (χ1) is 12.4. The van der Waals surface area contributed by atoms with Gasteiger partial charge in [-0.3, -0.25) is 9.59 Å². The largest absolute Gasteiger partial charge is 0.455 e. The molecule has 0 radical (unpaired) electrons. The average Bonchev–Trinajstić information content (AvgIpc) is 2.57. The number of hydrogen-bond donors (Lipinski definition) is 1. The molecule has 1 amide bonds. The molecule has 0 aromatic heterocycles. The van der Waals surface area contributed by atoms with Crippen LogP contribution in [-0.4, -0.2) is 18.5 Å². The van der Waals surface area contributed by atoms with Gasteiger partial charge in [-0.25, -0.2) is 8.78 Å². The molecular weight excluding hydrogens is 364 g/mol. The van der Waals surface area contributed by atoms with E-state index in [9.17, 15) is 18.4 Å². The van der Waals surface area contributed by atoms with E-state index in [0.29, 0.717) is 18.4 Å². The number of ether oxygens (including phenoxy) is 1. The summed E-state index contributed by atoms with van der Waals surface area (Å²) in [5, 5.41) is 2.58. The van der Waals surface area contributed by atoms with E-state index in [0.717, 1.165) is 12.5 Å². The Bertz CT molecular complexity index is 835. The quantitative estimate of drug-likeness (QED) is 0.791. The standard InChI is InChI=1S/C19H16ClF2NO3/c20-13-4-7-15(22)16(10-13)23-17(24)11-26-18(25)19(8-1-9-19)12-2-5-14(21)6-3-12/h2-7,10H,1,8-9,11H2,(H,23,24). The zero-order valence-corrected chi connectivity index (χ0v) is 14.5. The first kappa shape index (κ1) is 18.3. The second kappa shape index (κ2) is 7.41. The molecule has 1 saturated carbocycles. The first-order valence-corrected chi connectivity index (χ1v) is 8.47. The van der Waals surface area contributed by atoms with E-state index in [1.165, 1.54) is 24.3 Å². The highest BCUT2D eigenvalue weighted by Gasteiger charge is 2.47. The number of rotatable bonds is 5. The molecule has 2 aromatic carbocycles. The van der Waals surface area contributed by atoms with E-state index in [4.69, 9.17) is 16.3 Å². The molecule has 2 aromatic rings. The van der Waals surface area contributed by atoms with Crippen LogP contribution >= 0.6 is 11.6 Å².